The Morgan fingerprint density at radius 3 is 2.73 bits per heavy atom. The highest BCUT2D eigenvalue weighted by Crippen LogP contribution is 2.42. The van der Waals surface area contributed by atoms with Crippen LogP contribution >= 0.6 is 11.3 Å². The number of alkyl halides is 3. The van der Waals surface area contributed by atoms with Gasteiger partial charge < -0.3 is 22.3 Å². The van der Waals surface area contributed by atoms with Crippen LogP contribution < -0.4 is 22.1 Å². The van der Waals surface area contributed by atoms with Crippen molar-refractivity contribution >= 4 is 17.3 Å². The van der Waals surface area contributed by atoms with Gasteiger partial charge in [0.25, 0.3) is 0 Å². The minimum Gasteiger partial charge on any atom is -1.00 e. The van der Waals surface area contributed by atoms with Crippen molar-refractivity contribution in [3.8, 4) is 26.9 Å². The molecule has 1 aliphatic carbocycles. The summed E-state index contributed by atoms with van der Waals surface area (Å²) in [6, 6.07) is 7.18. The maximum atomic E-state index is 12.7. The van der Waals surface area contributed by atoms with Gasteiger partial charge in [-0.3, -0.25) is 4.79 Å². The van der Waals surface area contributed by atoms with Crippen molar-refractivity contribution in [2.45, 2.75) is 51.3 Å². The van der Waals surface area contributed by atoms with E-state index < -0.39 is 18.2 Å². The lowest BCUT2D eigenvalue weighted by atomic mass is 9.94. The number of fused-ring (bicyclic) bond motifs is 1. The summed E-state index contributed by atoms with van der Waals surface area (Å²) < 4.78 is 42.9. The first kappa shape index (κ1) is 25.0. The van der Waals surface area contributed by atoms with Crippen molar-refractivity contribution in [2.75, 3.05) is 0 Å². The third-order valence-electron chi connectivity index (χ3n) is 5.81. The van der Waals surface area contributed by atoms with E-state index in [4.69, 9.17) is 9.84 Å². The van der Waals surface area contributed by atoms with Gasteiger partial charge >= 0.3 is 18.0 Å². The molecule has 2 N–H and O–H groups in total. The van der Waals surface area contributed by atoms with E-state index >= 15 is 0 Å². The Morgan fingerprint density at radius 1 is 1.33 bits per heavy atom. The number of hydrogen-bond donors (Lipinski definition) is 1. The zero-order chi connectivity index (χ0) is 23.0. The molecule has 2 atom stereocenters. The van der Waals surface area contributed by atoms with Gasteiger partial charge in [0, 0.05) is 11.8 Å². The molecule has 0 aliphatic heterocycles. The number of aromatic nitrogens is 2. The Morgan fingerprint density at radius 2 is 2.09 bits per heavy atom. The molecule has 0 spiro atoms. The highest BCUT2D eigenvalue weighted by Gasteiger charge is 2.39. The molecule has 33 heavy (non-hydrogen) atoms. The Labute approximate surface area is 199 Å². The topological polar surface area (TPSA) is 73.6 Å². The predicted molar refractivity (Wildman–Crippen MR) is 114 cm³/mol. The van der Waals surface area contributed by atoms with E-state index in [1.54, 1.807) is 18.5 Å². The normalized spacial score (nSPS) is 16.1. The minimum absolute atomic E-state index is 0. The van der Waals surface area contributed by atoms with Crippen molar-refractivity contribution < 1.29 is 45.2 Å². The molecule has 0 bridgehead atoms. The van der Waals surface area contributed by atoms with E-state index in [1.165, 1.54) is 23.0 Å². The van der Waals surface area contributed by atoms with Crippen molar-refractivity contribution in [1.82, 2.24) is 4.98 Å². The fourth-order valence-electron chi connectivity index (χ4n) is 4.05. The lowest BCUT2D eigenvalue weighted by Gasteiger charge is -2.14. The standard InChI is InChI=1S/C23H21F3N2O3S.ClH/c1-12-16-5-3-14(9-21(29)30)18(16)7-6-17(12)22-28-11-19(32-22)15-4-8-20(27-10-15)31-13(2)23(24,25)26;/h4,6-8,10-11,13-14H,3,5,9H2,1-2H3,(H,29,30);1H. The summed E-state index contributed by atoms with van der Waals surface area (Å²) in [5, 5.41) is 9.98. The van der Waals surface area contributed by atoms with Gasteiger partial charge in [-0.05, 0) is 55.4 Å². The number of benzene rings is 1. The van der Waals surface area contributed by atoms with Gasteiger partial charge in [-0.1, -0.05) is 12.1 Å². The highest BCUT2D eigenvalue weighted by atomic mass is 35.5. The molecule has 0 saturated heterocycles. The van der Waals surface area contributed by atoms with Crippen LogP contribution in [0.2, 0.25) is 0 Å². The molecule has 0 amide bonds. The number of nitrogens with zero attached hydrogens (tertiary/aromatic N) is 1. The number of thiazole rings is 1. The highest BCUT2D eigenvalue weighted by molar-refractivity contribution is 7.18. The van der Waals surface area contributed by atoms with Crippen LogP contribution in [0.1, 0.15) is 42.4 Å². The fourth-order valence-corrected chi connectivity index (χ4v) is 5.04. The first-order chi connectivity index (χ1) is 15.1. The number of aliphatic carboxylic acids is 1. The van der Waals surface area contributed by atoms with E-state index in [0.29, 0.717) is 0 Å². The van der Waals surface area contributed by atoms with Crippen LogP contribution in [0.25, 0.3) is 21.0 Å². The summed E-state index contributed by atoms with van der Waals surface area (Å²) in [5.41, 5.74) is 5.25. The molecule has 2 unspecified atom stereocenters. The Balaban J connectivity index is 0.00000306. The van der Waals surface area contributed by atoms with Gasteiger partial charge in [0.15, 0.2) is 12.3 Å². The first-order valence-corrected chi connectivity index (χ1v) is 11.0. The number of aromatic amines is 1. The third kappa shape index (κ3) is 5.30. The predicted octanol–water partition coefficient (Wildman–Crippen LogP) is 2.44. The number of H-pyrrole nitrogens is 1. The van der Waals surface area contributed by atoms with Crippen LogP contribution in [0.4, 0.5) is 13.2 Å². The molecular weight excluding hydrogens is 477 g/mol. The summed E-state index contributed by atoms with van der Waals surface area (Å²) in [7, 11) is 0. The molecule has 1 aliphatic rings. The Hall–Kier alpha value is -2.65. The Bertz CT molecular complexity index is 1150. The number of hydrogen-bond acceptors (Lipinski definition) is 4. The SMILES string of the molecule is Cc1c(-c2ncc(-c3ccc(OC(C)C(F)(F)F)[nH+]c3)s2)ccc2c1CCC2CC(=O)O.[Cl-]. The van der Waals surface area contributed by atoms with Crippen molar-refractivity contribution in [3.63, 3.8) is 0 Å². The van der Waals surface area contributed by atoms with E-state index in [0.717, 1.165) is 51.9 Å². The summed E-state index contributed by atoms with van der Waals surface area (Å²) >= 11 is 1.49. The number of pyridine rings is 1. The molecule has 0 radical (unpaired) electrons. The van der Waals surface area contributed by atoms with E-state index in [2.05, 4.69) is 9.97 Å². The number of carbonyl (C=O) groups is 1. The van der Waals surface area contributed by atoms with Crippen LogP contribution in [0.5, 0.6) is 5.88 Å². The maximum absolute atomic E-state index is 12.7. The van der Waals surface area contributed by atoms with Crippen LogP contribution in [-0.2, 0) is 11.2 Å². The average molecular weight is 499 g/mol. The fraction of sp³-hybridized carbons (Fsp3) is 0.348. The van der Waals surface area contributed by atoms with Crippen LogP contribution in [0.3, 0.4) is 0 Å². The second-order valence-electron chi connectivity index (χ2n) is 7.91. The van der Waals surface area contributed by atoms with E-state index in [1.807, 2.05) is 19.1 Å². The van der Waals surface area contributed by atoms with Crippen LogP contribution in [-0.4, -0.2) is 28.3 Å². The zero-order valence-electron chi connectivity index (χ0n) is 17.9. The summed E-state index contributed by atoms with van der Waals surface area (Å²) in [5.74, 6) is -0.692. The number of ether oxygens (including phenoxy) is 1. The number of carboxylic acids is 1. The lowest BCUT2D eigenvalue weighted by Crippen LogP contribution is -3.00. The molecule has 10 heteroatoms. The van der Waals surface area contributed by atoms with Gasteiger partial charge in [0.1, 0.15) is 5.01 Å². The van der Waals surface area contributed by atoms with Crippen LogP contribution in [0, 0.1) is 6.92 Å². The van der Waals surface area contributed by atoms with Gasteiger partial charge in [-0.2, -0.15) is 18.2 Å². The van der Waals surface area contributed by atoms with E-state index in [9.17, 15) is 18.0 Å². The minimum atomic E-state index is -4.43. The molecule has 2 heterocycles. The summed E-state index contributed by atoms with van der Waals surface area (Å²) in [6.07, 6.45) is -1.16. The summed E-state index contributed by atoms with van der Waals surface area (Å²) in [6.45, 7) is 3.00. The first-order valence-electron chi connectivity index (χ1n) is 10.2. The zero-order valence-corrected chi connectivity index (χ0v) is 19.4. The monoisotopic (exact) mass is 498 g/mol. The maximum Gasteiger partial charge on any atom is 0.425 e. The average Bonchev–Trinajstić information content (AvgIpc) is 3.36. The molecule has 5 nitrogen and oxygen atoms in total. The summed E-state index contributed by atoms with van der Waals surface area (Å²) in [4.78, 5) is 19.3. The molecule has 0 saturated carbocycles. The molecule has 0 fully saturated rings. The number of halogens is 4. The molecule has 2 aromatic heterocycles. The van der Waals surface area contributed by atoms with Gasteiger partial charge in [0.05, 0.1) is 22.9 Å². The molecule has 3 aromatic rings. The van der Waals surface area contributed by atoms with Crippen molar-refractivity contribution in [3.05, 3.63) is 53.3 Å². The quantitative estimate of drug-likeness (QED) is 0.566. The number of rotatable bonds is 6. The second kappa shape index (κ2) is 9.69. The smallest absolute Gasteiger partial charge is 0.425 e. The van der Waals surface area contributed by atoms with E-state index in [-0.39, 0.29) is 30.6 Å². The van der Waals surface area contributed by atoms with Gasteiger partial charge in [-0.15, -0.1) is 11.3 Å². The largest absolute Gasteiger partial charge is 1.00 e. The molecule has 176 valence electrons. The third-order valence-corrected chi connectivity index (χ3v) is 6.89. The Kier molecular flexibility index (Phi) is 7.33. The number of nitrogens with one attached hydrogen (secondary N) is 1. The molecule has 4 rings (SSSR count). The van der Waals surface area contributed by atoms with Gasteiger partial charge in [-0.25, -0.2) is 4.98 Å². The van der Waals surface area contributed by atoms with Crippen molar-refractivity contribution in [2.24, 2.45) is 0 Å². The molecular formula is C23H22ClF3N2O3S. The van der Waals surface area contributed by atoms with Gasteiger partial charge in [0.2, 0.25) is 0 Å². The number of carboxylic acid groups (broad SMARTS) is 1. The van der Waals surface area contributed by atoms with Crippen molar-refractivity contribution in [1.29, 1.82) is 0 Å². The lowest BCUT2D eigenvalue weighted by molar-refractivity contribution is -0.400. The second-order valence-corrected chi connectivity index (χ2v) is 8.94. The molecule has 1 aromatic carbocycles. The van der Waals surface area contributed by atoms with Crippen LogP contribution in [0.15, 0.2) is 36.7 Å².